The molecule has 134 valence electrons. The van der Waals surface area contributed by atoms with Crippen LogP contribution in [-0.4, -0.2) is 50.5 Å². The number of rotatable bonds is 4. The van der Waals surface area contributed by atoms with Gasteiger partial charge in [0.05, 0.1) is 18.8 Å². The van der Waals surface area contributed by atoms with Gasteiger partial charge >= 0.3 is 0 Å². The standard InChI is InChI=1S/C18H25N5O2/c1-13-15(14(2)25-21-13)10-23-12-18(9-17(23)24)3-7-22(8-4-18)11-16-19-5-6-20-16/h5-6H,3-4,7-12H2,1-2H3,(H,19,20). The van der Waals surface area contributed by atoms with E-state index in [4.69, 9.17) is 4.52 Å². The Hall–Kier alpha value is -2.15. The molecule has 4 heterocycles. The Morgan fingerprint density at radius 1 is 1.28 bits per heavy atom. The van der Waals surface area contributed by atoms with Gasteiger partial charge in [-0.2, -0.15) is 0 Å². The molecule has 1 spiro atoms. The van der Waals surface area contributed by atoms with E-state index < -0.39 is 0 Å². The molecule has 2 saturated heterocycles. The first kappa shape index (κ1) is 16.3. The van der Waals surface area contributed by atoms with E-state index in [9.17, 15) is 4.79 Å². The van der Waals surface area contributed by atoms with Crippen molar-refractivity contribution in [3.05, 3.63) is 35.2 Å². The van der Waals surface area contributed by atoms with E-state index in [0.29, 0.717) is 13.0 Å². The van der Waals surface area contributed by atoms with Crippen molar-refractivity contribution in [3.63, 3.8) is 0 Å². The van der Waals surface area contributed by atoms with E-state index in [1.807, 2.05) is 24.9 Å². The van der Waals surface area contributed by atoms with Gasteiger partial charge < -0.3 is 14.4 Å². The van der Waals surface area contributed by atoms with Gasteiger partial charge in [0.25, 0.3) is 0 Å². The highest BCUT2D eigenvalue weighted by molar-refractivity contribution is 5.79. The fraction of sp³-hybridized carbons (Fsp3) is 0.611. The van der Waals surface area contributed by atoms with Gasteiger partial charge in [0.1, 0.15) is 11.6 Å². The van der Waals surface area contributed by atoms with Crippen LogP contribution in [0.2, 0.25) is 0 Å². The van der Waals surface area contributed by atoms with E-state index in [-0.39, 0.29) is 11.3 Å². The number of aromatic amines is 1. The molecular weight excluding hydrogens is 318 g/mol. The number of H-pyrrole nitrogens is 1. The lowest BCUT2D eigenvalue weighted by molar-refractivity contribution is -0.128. The Morgan fingerprint density at radius 3 is 2.72 bits per heavy atom. The lowest BCUT2D eigenvalue weighted by Crippen LogP contribution is -2.41. The summed E-state index contributed by atoms with van der Waals surface area (Å²) < 4.78 is 5.24. The van der Waals surface area contributed by atoms with Crippen LogP contribution >= 0.6 is 0 Å². The highest BCUT2D eigenvalue weighted by Crippen LogP contribution is 2.41. The Labute approximate surface area is 147 Å². The van der Waals surface area contributed by atoms with Gasteiger partial charge in [0.15, 0.2) is 0 Å². The number of hydrogen-bond acceptors (Lipinski definition) is 5. The number of amides is 1. The largest absolute Gasteiger partial charge is 0.361 e. The SMILES string of the molecule is Cc1noc(C)c1CN1CC2(CCN(Cc3ncc[nH]3)CC2)CC1=O. The zero-order valence-corrected chi connectivity index (χ0v) is 14.9. The van der Waals surface area contributed by atoms with Gasteiger partial charge in [-0.15, -0.1) is 0 Å². The molecule has 2 aliphatic heterocycles. The number of piperidine rings is 1. The van der Waals surface area contributed by atoms with Crippen LogP contribution in [0.15, 0.2) is 16.9 Å². The molecule has 0 atom stereocenters. The monoisotopic (exact) mass is 343 g/mol. The average Bonchev–Trinajstić information content (AvgIpc) is 3.28. The molecule has 0 aliphatic carbocycles. The Kier molecular flexibility index (Phi) is 4.11. The predicted molar refractivity (Wildman–Crippen MR) is 91.5 cm³/mol. The quantitative estimate of drug-likeness (QED) is 0.919. The number of likely N-dealkylation sites (tertiary alicyclic amines) is 2. The van der Waals surface area contributed by atoms with Crippen molar-refractivity contribution < 1.29 is 9.32 Å². The molecule has 0 saturated carbocycles. The summed E-state index contributed by atoms with van der Waals surface area (Å²) in [5.74, 6) is 2.09. The van der Waals surface area contributed by atoms with Crippen molar-refractivity contribution in [2.24, 2.45) is 5.41 Å². The fourth-order valence-electron chi connectivity index (χ4n) is 4.16. The molecule has 4 rings (SSSR count). The molecule has 2 aliphatic rings. The van der Waals surface area contributed by atoms with Gasteiger partial charge in [-0.1, -0.05) is 5.16 Å². The molecule has 25 heavy (non-hydrogen) atoms. The normalized spacial score (nSPS) is 20.7. The van der Waals surface area contributed by atoms with E-state index in [1.165, 1.54) is 0 Å². The molecule has 1 amide bonds. The smallest absolute Gasteiger partial charge is 0.223 e. The summed E-state index contributed by atoms with van der Waals surface area (Å²) in [6.07, 6.45) is 6.46. The van der Waals surface area contributed by atoms with Gasteiger partial charge in [-0.3, -0.25) is 9.69 Å². The second-order valence-corrected chi connectivity index (χ2v) is 7.54. The van der Waals surface area contributed by atoms with Crippen molar-refractivity contribution in [3.8, 4) is 0 Å². The van der Waals surface area contributed by atoms with Crippen molar-refractivity contribution in [2.45, 2.75) is 46.2 Å². The Balaban J connectivity index is 1.37. The Morgan fingerprint density at radius 2 is 2.08 bits per heavy atom. The maximum Gasteiger partial charge on any atom is 0.223 e. The zero-order valence-electron chi connectivity index (χ0n) is 14.9. The number of imidazole rings is 1. The second-order valence-electron chi connectivity index (χ2n) is 7.54. The first-order chi connectivity index (χ1) is 12.0. The van der Waals surface area contributed by atoms with Crippen LogP contribution in [0.25, 0.3) is 0 Å². The highest BCUT2D eigenvalue weighted by Gasteiger charge is 2.45. The summed E-state index contributed by atoms with van der Waals surface area (Å²) >= 11 is 0. The van der Waals surface area contributed by atoms with Gasteiger partial charge in [-0.25, -0.2) is 4.98 Å². The minimum absolute atomic E-state index is 0.135. The van der Waals surface area contributed by atoms with Crippen LogP contribution in [-0.2, 0) is 17.9 Å². The average molecular weight is 343 g/mol. The minimum atomic E-state index is 0.135. The summed E-state index contributed by atoms with van der Waals surface area (Å²) in [6, 6.07) is 0. The number of hydrogen-bond donors (Lipinski definition) is 1. The maximum atomic E-state index is 12.6. The Bertz CT molecular complexity index is 724. The molecular formula is C18H25N5O2. The van der Waals surface area contributed by atoms with Crippen molar-refractivity contribution in [2.75, 3.05) is 19.6 Å². The molecule has 0 bridgehead atoms. The van der Waals surface area contributed by atoms with E-state index >= 15 is 0 Å². The molecule has 7 heteroatoms. The minimum Gasteiger partial charge on any atom is -0.361 e. The van der Waals surface area contributed by atoms with Crippen LogP contribution in [0, 0.1) is 19.3 Å². The molecule has 2 aromatic rings. The predicted octanol–water partition coefficient (Wildman–Crippen LogP) is 2.03. The molecule has 0 aromatic carbocycles. The highest BCUT2D eigenvalue weighted by atomic mass is 16.5. The van der Waals surface area contributed by atoms with Crippen molar-refractivity contribution in [1.82, 2.24) is 24.9 Å². The molecule has 1 N–H and O–H groups in total. The summed E-state index contributed by atoms with van der Waals surface area (Å²) in [6.45, 7) is 8.23. The number of aromatic nitrogens is 3. The van der Waals surface area contributed by atoms with Crippen LogP contribution in [0.4, 0.5) is 0 Å². The number of carbonyl (C=O) groups excluding carboxylic acids is 1. The third-order valence-electron chi connectivity index (χ3n) is 5.78. The third kappa shape index (κ3) is 3.20. The van der Waals surface area contributed by atoms with Gasteiger partial charge in [0.2, 0.25) is 5.91 Å². The van der Waals surface area contributed by atoms with Crippen LogP contribution < -0.4 is 0 Å². The lowest BCUT2D eigenvalue weighted by Gasteiger charge is -2.38. The summed E-state index contributed by atoms with van der Waals surface area (Å²) in [4.78, 5) is 24.5. The van der Waals surface area contributed by atoms with E-state index in [1.54, 1.807) is 6.20 Å². The first-order valence-electron chi connectivity index (χ1n) is 8.95. The maximum absolute atomic E-state index is 12.6. The van der Waals surface area contributed by atoms with Crippen LogP contribution in [0.3, 0.4) is 0 Å². The second kappa shape index (κ2) is 6.29. The van der Waals surface area contributed by atoms with E-state index in [0.717, 1.165) is 61.9 Å². The zero-order chi connectivity index (χ0) is 17.4. The van der Waals surface area contributed by atoms with E-state index in [2.05, 4.69) is 20.0 Å². The molecule has 0 unspecified atom stereocenters. The fourth-order valence-corrected chi connectivity index (χ4v) is 4.16. The molecule has 0 radical (unpaired) electrons. The molecule has 2 aromatic heterocycles. The molecule has 7 nitrogen and oxygen atoms in total. The van der Waals surface area contributed by atoms with Crippen molar-refractivity contribution >= 4 is 5.91 Å². The van der Waals surface area contributed by atoms with Crippen LogP contribution in [0.1, 0.15) is 42.1 Å². The topological polar surface area (TPSA) is 78.3 Å². The lowest BCUT2D eigenvalue weighted by atomic mass is 9.77. The summed E-state index contributed by atoms with van der Waals surface area (Å²) in [5.41, 5.74) is 2.08. The van der Waals surface area contributed by atoms with Crippen molar-refractivity contribution in [1.29, 1.82) is 0 Å². The van der Waals surface area contributed by atoms with Gasteiger partial charge in [0, 0.05) is 30.9 Å². The third-order valence-corrected chi connectivity index (χ3v) is 5.78. The number of aryl methyl sites for hydroxylation is 2. The summed E-state index contributed by atoms with van der Waals surface area (Å²) in [5, 5.41) is 4.00. The molecule has 2 fully saturated rings. The number of nitrogens with one attached hydrogen (secondary N) is 1. The van der Waals surface area contributed by atoms with Gasteiger partial charge in [-0.05, 0) is 45.2 Å². The van der Waals surface area contributed by atoms with Crippen LogP contribution in [0.5, 0.6) is 0 Å². The number of carbonyl (C=O) groups is 1. The first-order valence-corrected chi connectivity index (χ1v) is 8.95. The summed E-state index contributed by atoms with van der Waals surface area (Å²) in [7, 11) is 0. The number of nitrogens with zero attached hydrogens (tertiary/aromatic N) is 4.